The van der Waals surface area contributed by atoms with Crippen LogP contribution in [0.25, 0.3) is 0 Å². The van der Waals surface area contributed by atoms with Gasteiger partial charge in [-0.15, -0.1) is 0 Å². The van der Waals surface area contributed by atoms with Gasteiger partial charge in [-0.3, -0.25) is 10.6 Å². The first-order valence-corrected chi connectivity index (χ1v) is 3.95. The second kappa shape index (κ2) is 3.19. The van der Waals surface area contributed by atoms with Crippen molar-refractivity contribution >= 4 is 5.97 Å². The summed E-state index contributed by atoms with van der Waals surface area (Å²) in [6.07, 6.45) is 1.57. The van der Waals surface area contributed by atoms with Gasteiger partial charge >= 0.3 is 5.97 Å². The van der Waals surface area contributed by atoms with Crippen molar-refractivity contribution in [2.45, 2.75) is 25.4 Å². The third-order valence-electron chi connectivity index (χ3n) is 2.10. The Labute approximate surface area is 66.0 Å². The van der Waals surface area contributed by atoms with Gasteiger partial charge in [-0.2, -0.15) is 0 Å². The van der Waals surface area contributed by atoms with Crippen LogP contribution in [-0.2, 0) is 4.79 Å². The fraction of sp³-hybridized carbons (Fsp3) is 0.857. The summed E-state index contributed by atoms with van der Waals surface area (Å²) in [6, 6.07) is 0. The number of hydrogen-bond donors (Lipinski definition) is 3. The van der Waals surface area contributed by atoms with Gasteiger partial charge in [0.15, 0.2) is 5.66 Å². The van der Waals surface area contributed by atoms with E-state index in [9.17, 15) is 4.79 Å². The minimum atomic E-state index is -0.863. The van der Waals surface area contributed by atoms with Crippen molar-refractivity contribution in [2.24, 2.45) is 0 Å². The van der Waals surface area contributed by atoms with Crippen molar-refractivity contribution in [1.82, 2.24) is 10.6 Å². The van der Waals surface area contributed by atoms with E-state index in [-0.39, 0.29) is 0 Å². The molecule has 4 nitrogen and oxygen atoms in total. The predicted molar refractivity (Wildman–Crippen MR) is 41.3 cm³/mol. The summed E-state index contributed by atoms with van der Waals surface area (Å²) in [4.78, 5) is 10.8. The molecule has 1 aliphatic heterocycles. The van der Waals surface area contributed by atoms with Crippen LogP contribution in [0.15, 0.2) is 0 Å². The van der Waals surface area contributed by atoms with E-state index in [1.54, 1.807) is 0 Å². The van der Waals surface area contributed by atoms with Crippen LogP contribution in [0.3, 0.4) is 0 Å². The Kier molecular flexibility index (Phi) is 2.46. The highest BCUT2D eigenvalue weighted by atomic mass is 16.4. The van der Waals surface area contributed by atoms with Gasteiger partial charge in [0.25, 0.3) is 0 Å². The molecule has 0 unspecified atom stereocenters. The van der Waals surface area contributed by atoms with Gasteiger partial charge in [-0.25, -0.2) is 4.79 Å². The monoisotopic (exact) mass is 158 g/mol. The molecule has 0 aliphatic carbocycles. The van der Waals surface area contributed by atoms with Crippen LogP contribution < -0.4 is 10.6 Å². The Morgan fingerprint density at radius 3 is 2.36 bits per heavy atom. The van der Waals surface area contributed by atoms with Crippen LogP contribution in [-0.4, -0.2) is 29.8 Å². The lowest BCUT2D eigenvalue weighted by Crippen LogP contribution is -2.65. The van der Waals surface area contributed by atoms with Crippen molar-refractivity contribution in [3.63, 3.8) is 0 Å². The van der Waals surface area contributed by atoms with Crippen LogP contribution in [0, 0.1) is 0 Å². The first-order valence-electron chi connectivity index (χ1n) is 3.95. The lowest BCUT2D eigenvalue weighted by atomic mass is 10.0. The number of carboxylic acids is 1. The molecule has 1 fully saturated rings. The molecule has 0 aromatic carbocycles. The van der Waals surface area contributed by atoms with Crippen LogP contribution in [0.5, 0.6) is 0 Å². The Morgan fingerprint density at radius 2 is 2.09 bits per heavy atom. The van der Waals surface area contributed by atoms with E-state index in [2.05, 4.69) is 10.6 Å². The number of aliphatic carboxylic acids is 1. The zero-order valence-electron chi connectivity index (χ0n) is 6.68. The van der Waals surface area contributed by atoms with E-state index >= 15 is 0 Å². The molecule has 1 heterocycles. The van der Waals surface area contributed by atoms with E-state index in [1.807, 2.05) is 6.92 Å². The number of carboxylic acid groups (broad SMARTS) is 1. The van der Waals surface area contributed by atoms with Gasteiger partial charge in [-0.1, -0.05) is 6.92 Å². The number of nitrogens with one attached hydrogen (secondary N) is 2. The third-order valence-corrected chi connectivity index (χ3v) is 2.10. The molecule has 0 spiro atoms. The SMILES string of the molecule is CCC1(C(=O)O)NCCCN1. The molecule has 0 aromatic rings. The van der Waals surface area contributed by atoms with Crippen molar-refractivity contribution in [3.8, 4) is 0 Å². The quantitative estimate of drug-likeness (QED) is 0.519. The lowest BCUT2D eigenvalue weighted by molar-refractivity contribution is -0.147. The molecule has 0 bridgehead atoms. The molecule has 64 valence electrons. The molecule has 0 atom stereocenters. The molecule has 1 aliphatic rings. The summed E-state index contributed by atoms with van der Waals surface area (Å²) in [7, 11) is 0. The molecule has 3 N–H and O–H groups in total. The van der Waals surface area contributed by atoms with Gasteiger partial charge in [0.2, 0.25) is 0 Å². The van der Waals surface area contributed by atoms with Gasteiger partial charge < -0.3 is 5.11 Å². The molecule has 1 saturated heterocycles. The van der Waals surface area contributed by atoms with Gasteiger partial charge in [0.1, 0.15) is 0 Å². The summed E-state index contributed by atoms with van der Waals surface area (Å²) >= 11 is 0. The normalized spacial score (nSPS) is 23.0. The lowest BCUT2D eigenvalue weighted by Gasteiger charge is -2.34. The Hall–Kier alpha value is -0.610. The second-order valence-corrected chi connectivity index (χ2v) is 2.77. The topological polar surface area (TPSA) is 61.4 Å². The molecule has 0 saturated carbocycles. The standard InChI is InChI=1S/C7H14N2O2/c1-2-7(6(10)11)8-4-3-5-9-7/h8-9H,2-5H2,1H3,(H,10,11). The summed E-state index contributed by atoms with van der Waals surface area (Å²) in [5, 5.41) is 14.8. The molecule has 1 rings (SSSR count). The largest absolute Gasteiger partial charge is 0.479 e. The van der Waals surface area contributed by atoms with Crippen LogP contribution in [0.1, 0.15) is 19.8 Å². The number of carbonyl (C=O) groups is 1. The summed E-state index contributed by atoms with van der Waals surface area (Å²) in [6.45, 7) is 3.43. The zero-order valence-corrected chi connectivity index (χ0v) is 6.68. The molecule has 0 amide bonds. The second-order valence-electron chi connectivity index (χ2n) is 2.77. The van der Waals surface area contributed by atoms with Crippen molar-refractivity contribution in [3.05, 3.63) is 0 Å². The van der Waals surface area contributed by atoms with Gasteiger partial charge in [-0.05, 0) is 25.9 Å². The van der Waals surface area contributed by atoms with E-state index in [1.165, 1.54) is 0 Å². The predicted octanol–water partition coefficient (Wildman–Crippen LogP) is -0.240. The maximum Gasteiger partial charge on any atom is 0.338 e. The van der Waals surface area contributed by atoms with E-state index in [0.29, 0.717) is 6.42 Å². The first kappa shape index (κ1) is 8.49. The third kappa shape index (κ3) is 1.52. The van der Waals surface area contributed by atoms with E-state index < -0.39 is 11.6 Å². The van der Waals surface area contributed by atoms with Crippen LogP contribution in [0.2, 0.25) is 0 Å². The average Bonchev–Trinajstić information content (AvgIpc) is 2.05. The van der Waals surface area contributed by atoms with Crippen LogP contribution >= 0.6 is 0 Å². The highest BCUT2D eigenvalue weighted by molar-refractivity contribution is 5.78. The maximum atomic E-state index is 10.8. The highest BCUT2D eigenvalue weighted by Crippen LogP contribution is 2.09. The Bertz CT molecular complexity index is 153. The molecule has 0 radical (unpaired) electrons. The maximum absolute atomic E-state index is 10.8. The molecular weight excluding hydrogens is 144 g/mol. The molecule has 11 heavy (non-hydrogen) atoms. The smallest absolute Gasteiger partial charge is 0.338 e. The van der Waals surface area contributed by atoms with E-state index in [4.69, 9.17) is 5.11 Å². The fourth-order valence-electron chi connectivity index (χ4n) is 1.31. The summed E-state index contributed by atoms with van der Waals surface area (Å²) < 4.78 is 0. The van der Waals surface area contributed by atoms with Crippen molar-refractivity contribution in [1.29, 1.82) is 0 Å². The van der Waals surface area contributed by atoms with Crippen molar-refractivity contribution in [2.75, 3.05) is 13.1 Å². The first-order chi connectivity index (χ1) is 5.21. The Morgan fingerprint density at radius 1 is 1.55 bits per heavy atom. The van der Waals surface area contributed by atoms with Crippen LogP contribution in [0.4, 0.5) is 0 Å². The number of rotatable bonds is 2. The van der Waals surface area contributed by atoms with Gasteiger partial charge in [0, 0.05) is 0 Å². The van der Waals surface area contributed by atoms with Crippen molar-refractivity contribution < 1.29 is 9.90 Å². The molecular formula is C7H14N2O2. The average molecular weight is 158 g/mol. The van der Waals surface area contributed by atoms with Gasteiger partial charge in [0.05, 0.1) is 0 Å². The zero-order chi connectivity index (χ0) is 8.32. The molecule has 4 heteroatoms. The fourth-order valence-corrected chi connectivity index (χ4v) is 1.31. The molecule has 0 aromatic heterocycles. The van der Waals surface area contributed by atoms with E-state index in [0.717, 1.165) is 19.5 Å². The summed E-state index contributed by atoms with van der Waals surface area (Å²) in [5.74, 6) is -0.806. The minimum absolute atomic E-state index is 0.572. The highest BCUT2D eigenvalue weighted by Gasteiger charge is 2.36. The summed E-state index contributed by atoms with van der Waals surface area (Å²) in [5.41, 5.74) is -0.863. The Balaban J connectivity index is 2.64. The minimum Gasteiger partial charge on any atom is -0.479 e. The number of hydrogen-bond acceptors (Lipinski definition) is 3.